The summed E-state index contributed by atoms with van der Waals surface area (Å²) in [5, 5.41) is 26.2. The minimum absolute atomic E-state index is 0.110. The molecule has 3 rings (SSSR count). The summed E-state index contributed by atoms with van der Waals surface area (Å²) < 4.78 is 5.73. The molecule has 4 N–H and O–H groups in total. The van der Waals surface area contributed by atoms with E-state index >= 15 is 0 Å². The van der Waals surface area contributed by atoms with Gasteiger partial charge in [-0.2, -0.15) is 5.26 Å². The Morgan fingerprint density at radius 1 is 0.939 bits per heavy atom. The molecule has 0 bridgehead atoms. The van der Waals surface area contributed by atoms with Crippen LogP contribution in [0.3, 0.4) is 0 Å². The number of para-hydroxylation sites is 1. The highest BCUT2D eigenvalue weighted by atomic mass is 16.5. The van der Waals surface area contributed by atoms with Crippen LogP contribution in [0.15, 0.2) is 78.9 Å². The fourth-order valence-electron chi connectivity index (χ4n) is 3.00. The van der Waals surface area contributed by atoms with Gasteiger partial charge in [0, 0.05) is 18.7 Å². The number of anilines is 1. The Labute approximate surface area is 191 Å². The Bertz CT molecular complexity index is 1090. The predicted molar refractivity (Wildman–Crippen MR) is 124 cm³/mol. The summed E-state index contributed by atoms with van der Waals surface area (Å²) in [4.78, 5) is 25.1. The Morgan fingerprint density at radius 2 is 1.61 bits per heavy atom. The van der Waals surface area contributed by atoms with E-state index in [9.17, 15) is 14.7 Å². The van der Waals surface area contributed by atoms with E-state index in [1.165, 1.54) is 12.1 Å². The van der Waals surface area contributed by atoms with Gasteiger partial charge in [0.15, 0.2) is 0 Å². The molecular weight excluding hydrogens is 420 g/mol. The van der Waals surface area contributed by atoms with E-state index in [1.54, 1.807) is 36.4 Å². The number of hydrogen-bond acceptors (Lipinski definition) is 5. The molecule has 0 aromatic heterocycles. The summed E-state index contributed by atoms with van der Waals surface area (Å²) in [5.41, 5.74) is 1.29. The predicted octanol–water partition coefficient (Wildman–Crippen LogP) is 3.95. The third-order valence-electron chi connectivity index (χ3n) is 4.63. The maximum Gasteiger partial charge on any atom is 0.319 e. The van der Waals surface area contributed by atoms with Crippen LogP contribution in [0.5, 0.6) is 17.2 Å². The third-order valence-corrected chi connectivity index (χ3v) is 4.63. The first-order valence-corrected chi connectivity index (χ1v) is 10.4. The topological polar surface area (TPSA) is 123 Å². The van der Waals surface area contributed by atoms with Crippen molar-refractivity contribution in [2.75, 3.05) is 11.9 Å². The van der Waals surface area contributed by atoms with Gasteiger partial charge in [0.1, 0.15) is 23.3 Å². The number of nitrogens with one attached hydrogen (secondary N) is 3. The highest BCUT2D eigenvalue weighted by molar-refractivity contribution is 5.93. The number of nitriles is 1. The van der Waals surface area contributed by atoms with Gasteiger partial charge in [-0.3, -0.25) is 4.79 Å². The van der Waals surface area contributed by atoms with Gasteiger partial charge in [-0.25, -0.2) is 4.79 Å². The van der Waals surface area contributed by atoms with E-state index in [2.05, 4.69) is 16.0 Å². The third kappa shape index (κ3) is 7.60. The van der Waals surface area contributed by atoms with Crippen molar-refractivity contribution in [3.8, 4) is 23.3 Å². The molecule has 0 radical (unpaired) electrons. The molecule has 0 fully saturated rings. The number of phenols is 1. The summed E-state index contributed by atoms with van der Waals surface area (Å²) >= 11 is 0. The van der Waals surface area contributed by atoms with Crippen molar-refractivity contribution in [2.24, 2.45) is 0 Å². The number of phenolic OH excluding ortho intramolecular Hbond substituents is 1. The van der Waals surface area contributed by atoms with Crippen LogP contribution in [0.1, 0.15) is 12.0 Å². The van der Waals surface area contributed by atoms with Gasteiger partial charge in [-0.05, 0) is 54.1 Å². The quantitative estimate of drug-likeness (QED) is 0.372. The van der Waals surface area contributed by atoms with E-state index in [1.807, 2.05) is 36.4 Å². The minimum Gasteiger partial charge on any atom is -0.508 e. The van der Waals surface area contributed by atoms with E-state index < -0.39 is 18.0 Å². The van der Waals surface area contributed by atoms with E-state index in [0.717, 1.165) is 5.56 Å². The number of carbonyl (C=O) groups excluding carboxylic acids is 2. The molecule has 0 aliphatic rings. The largest absolute Gasteiger partial charge is 0.508 e. The molecule has 0 spiro atoms. The maximum atomic E-state index is 12.6. The molecule has 0 saturated heterocycles. The number of rotatable bonds is 9. The second-order valence-corrected chi connectivity index (χ2v) is 7.16. The van der Waals surface area contributed by atoms with Crippen LogP contribution in [0.25, 0.3) is 0 Å². The zero-order valence-electron chi connectivity index (χ0n) is 17.8. The molecule has 0 heterocycles. The van der Waals surface area contributed by atoms with Crippen molar-refractivity contribution in [1.82, 2.24) is 10.6 Å². The normalized spacial score (nSPS) is 11.0. The monoisotopic (exact) mass is 444 g/mol. The first-order chi connectivity index (χ1) is 16.0. The van der Waals surface area contributed by atoms with Gasteiger partial charge >= 0.3 is 6.03 Å². The molecular formula is C25H24N4O4. The number of nitrogens with zero attached hydrogens (tertiary/aromatic N) is 1. The molecule has 3 aromatic carbocycles. The van der Waals surface area contributed by atoms with Crippen LogP contribution in [0.2, 0.25) is 0 Å². The van der Waals surface area contributed by atoms with Crippen LogP contribution in [-0.2, 0) is 11.2 Å². The standard InChI is InChI=1S/C25H24N4O4/c26-15-4-16-27-24(31)23(17-18-7-11-20(30)12-8-18)29-25(32)28-19-9-13-22(14-10-19)33-21-5-2-1-3-6-21/h1-3,5-14,23,30H,4,16-17H2,(H,27,31)(H2,28,29,32). The van der Waals surface area contributed by atoms with Crippen molar-refractivity contribution in [1.29, 1.82) is 5.26 Å². The van der Waals surface area contributed by atoms with E-state index in [4.69, 9.17) is 10.00 Å². The fourth-order valence-corrected chi connectivity index (χ4v) is 3.00. The molecule has 1 unspecified atom stereocenters. The van der Waals surface area contributed by atoms with Gasteiger partial charge in [0.25, 0.3) is 0 Å². The summed E-state index contributed by atoms with van der Waals surface area (Å²) in [6, 6.07) is 23.1. The van der Waals surface area contributed by atoms with Crippen molar-refractivity contribution in [2.45, 2.75) is 18.9 Å². The highest BCUT2D eigenvalue weighted by Crippen LogP contribution is 2.22. The fraction of sp³-hybridized carbons (Fsp3) is 0.160. The number of urea groups is 1. The smallest absolute Gasteiger partial charge is 0.319 e. The minimum atomic E-state index is -0.867. The molecule has 3 aromatic rings. The number of aromatic hydroxyl groups is 1. The van der Waals surface area contributed by atoms with Gasteiger partial charge < -0.3 is 25.8 Å². The molecule has 8 nitrogen and oxygen atoms in total. The summed E-state index contributed by atoms with van der Waals surface area (Å²) in [5.74, 6) is 1.03. The first kappa shape index (κ1) is 23.2. The lowest BCUT2D eigenvalue weighted by molar-refractivity contribution is -0.122. The Kier molecular flexibility index (Phi) is 8.26. The Balaban J connectivity index is 1.61. The van der Waals surface area contributed by atoms with Gasteiger partial charge in [-0.1, -0.05) is 30.3 Å². The average Bonchev–Trinajstić information content (AvgIpc) is 2.82. The maximum absolute atomic E-state index is 12.6. The molecule has 168 valence electrons. The average molecular weight is 444 g/mol. The number of hydrogen-bond donors (Lipinski definition) is 4. The second-order valence-electron chi connectivity index (χ2n) is 7.16. The summed E-state index contributed by atoms with van der Waals surface area (Å²) in [6.07, 6.45) is 0.386. The van der Waals surface area contributed by atoms with Crippen molar-refractivity contribution >= 4 is 17.6 Å². The number of carbonyl (C=O) groups is 2. The second kappa shape index (κ2) is 11.8. The Hall–Kier alpha value is -4.51. The molecule has 0 saturated carbocycles. The lowest BCUT2D eigenvalue weighted by atomic mass is 10.1. The van der Waals surface area contributed by atoms with Crippen molar-refractivity contribution in [3.63, 3.8) is 0 Å². The lowest BCUT2D eigenvalue weighted by Crippen LogP contribution is -2.49. The van der Waals surface area contributed by atoms with Gasteiger partial charge in [0.2, 0.25) is 5.91 Å². The van der Waals surface area contributed by atoms with E-state index in [0.29, 0.717) is 17.2 Å². The molecule has 0 aliphatic carbocycles. The molecule has 3 amide bonds. The van der Waals surface area contributed by atoms with Crippen LogP contribution in [0.4, 0.5) is 10.5 Å². The number of amides is 3. The SMILES string of the molecule is N#CCCNC(=O)C(Cc1ccc(O)cc1)NC(=O)Nc1ccc(Oc2ccccc2)cc1. The van der Waals surface area contributed by atoms with Gasteiger partial charge in [-0.15, -0.1) is 0 Å². The highest BCUT2D eigenvalue weighted by Gasteiger charge is 2.21. The van der Waals surface area contributed by atoms with Crippen LogP contribution in [0, 0.1) is 11.3 Å². The summed E-state index contributed by atoms with van der Waals surface area (Å²) in [7, 11) is 0. The van der Waals surface area contributed by atoms with Gasteiger partial charge in [0.05, 0.1) is 12.5 Å². The Morgan fingerprint density at radius 3 is 2.27 bits per heavy atom. The molecule has 8 heteroatoms. The van der Waals surface area contributed by atoms with Crippen LogP contribution < -0.4 is 20.7 Å². The van der Waals surface area contributed by atoms with Crippen LogP contribution >= 0.6 is 0 Å². The van der Waals surface area contributed by atoms with Crippen LogP contribution in [-0.4, -0.2) is 29.6 Å². The molecule has 0 aliphatic heterocycles. The van der Waals surface area contributed by atoms with E-state index in [-0.39, 0.29) is 25.1 Å². The molecule has 33 heavy (non-hydrogen) atoms. The zero-order chi connectivity index (χ0) is 23.5. The van der Waals surface area contributed by atoms with Crippen molar-refractivity contribution < 1.29 is 19.4 Å². The molecule has 1 atom stereocenters. The van der Waals surface area contributed by atoms with Crippen molar-refractivity contribution in [3.05, 3.63) is 84.4 Å². The lowest BCUT2D eigenvalue weighted by Gasteiger charge is -2.19. The number of benzene rings is 3. The summed E-state index contributed by atoms with van der Waals surface area (Å²) in [6.45, 7) is 0.188. The number of ether oxygens (including phenoxy) is 1. The zero-order valence-corrected chi connectivity index (χ0v) is 17.8. The first-order valence-electron chi connectivity index (χ1n) is 10.4.